The maximum absolute atomic E-state index is 14.7. The van der Waals surface area contributed by atoms with Gasteiger partial charge in [0.25, 0.3) is 0 Å². The molecule has 3 heterocycles. The number of nitrogens with two attached hydrogens (primary N) is 1. The maximum atomic E-state index is 14.7. The SMILES string of the molecule is CC[C@H](C)[C@@H]([C@@H](CC(=O)N1CCC[C@H]1[C@H](OC)[C@@H](C)C(=O)C[C@@H](Cc1ccccc1)C(=O)NCc1ccc(NC(=O)[C@H](CCCNC(N)=O)CC(=O)[C@@H](NC(=O)CCC(=O)N2C3CCC2CC(C(=O)NC)C3)C(C)C)cc1)OC)N(C)C(=O)[C@@H](NC(=O)[C@H](C(C)C)N(C)C)C(C)C. The normalized spacial score (nSPS) is 19.9. The number of anilines is 1. The first kappa shape index (κ1) is 80.4. The van der Waals surface area contributed by atoms with E-state index in [4.69, 9.17) is 15.2 Å². The average Bonchev–Trinajstić information content (AvgIpc) is 1.73. The number of ketones is 2. The van der Waals surface area contributed by atoms with Gasteiger partial charge in [0, 0.05) is 115 Å². The lowest BCUT2D eigenvalue weighted by Gasteiger charge is -2.41. The van der Waals surface area contributed by atoms with Gasteiger partial charge < -0.3 is 61.8 Å². The molecule has 8 N–H and O–H groups in total. The molecule has 540 valence electrons. The van der Waals surface area contributed by atoms with Gasteiger partial charge in [0.05, 0.1) is 42.8 Å². The second-order valence-electron chi connectivity index (χ2n) is 28.5. The van der Waals surface area contributed by atoms with E-state index in [2.05, 4.69) is 31.9 Å². The Hall–Kier alpha value is -7.31. The molecular formula is C73H115N11O13. The van der Waals surface area contributed by atoms with Crippen molar-refractivity contribution in [2.75, 3.05) is 60.8 Å². The fraction of sp³-hybridized carbons (Fsp3) is 0.685. The quantitative estimate of drug-likeness (QED) is 0.0369. The van der Waals surface area contributed by atoms with Crippen LogP contribution in [0.2, 0.25) is 0 Å². The predicted molar refractivity (Wildman–Crippen MR) is 372 cm³/mol. The number of likely N-dealkylation sites (tertiary alicyclic amines) is 1. The number of primary amides is 1. The number of urea groups is 1. The lowest BCUT2D eigenvalue weighted by Crippen LogP contribution is -2.59. The molecule has 5 rings (SSSR count). The standard InChI is InChI=1S/C73H115N11O13/c1-16-46(8)66(82(13)72(94)64(44(4)5)80-71(93)65(45(6)7)81(11)12)59(96-14)41-62(89)83-35-21-25-56(83)67(97-15)47(9)57(85)40-51(36-48-22-18-17-19-23-48)69(91)77-42-49-26-28-53(29-27-49)78-70(92)50(24-20-34-76-73(74)95)39-58(86)63(43(2)3)79-60(87)32-33-61(88)84-54-30-31-55(84)38-52(37-54)68(90)75-10/h17-19,22-23,26-29,43-47,50-52,54-56,59,63-67H,16,20-21,24-25,30-42H2,1-15H3,(H,75,90)(H,77,91)(H,78,92)(H,79,87)(H,80,93)(H3,74,76,95)/t46-,47-,50+,51+,52?,54?,55?,56-,59+,63-,64-,65-,66-,67+/m0/s1. The molecule has 3 aliphatic rings. The van der Waals surface area contributed by atoms with E-state index in [0.29, 0.717) is 56.3 Å². The van der Waals surface area contributed by atoms with Crippen molar-refractivity contribution in [3.63, 3.8) is 0 Å². The molecule has 13 atom stereocenters. The molecule has 0 aliphatic carbocycles. The third-order valence-corrected chi connectivity index (χ3v) is 20.3. The summed E-state index contributed by atoms with van der Waals surface area (Å²) in [7, 11) is 10.1. The molecular weight excluding hydrogens is 1240 g/mol. The molecule has 2 aromatic rings. The second-order valence-corrected chi connectivity index (χ2v) is 28.5. The second kappa shape index (κ2) is 38.7. The van der Waals surface area contributed by atoms with Crippen molar-refractivity contribution in [1.29, 1.82) is 0 Å². The summed E-state index contributed by atoms with van der Waals surface area (Å²) in [6.45, 7) is 17.8. The summed E-state index contributed by atoms with van der Waals surface area (Å²) in [5, 5.41) is 17.1. The molecule has 0 radical (unpaired) electrons. The third-order valence-electron chi connectivity index (χ3n) is 20.3. The molecule has 24 nitrogen and oxygen atoms in total. The van der Waals surface area contributed by atoms with E-state index < -0.39 is 78.0 Å². The van der Waals surface area contributed by atoms with Crippen LogP contribution in [-0.4, -0.2) is 194 Å². The van der Waals surface area contributed by atoms with Gasteiger partial charge >= 0.3 is 6.03 Å². The molecule has 24 heteroatoms. The molecule has 97 heavy (non-hydrogen) atoms. The van der Waals surface area contributed by atoms with Crippen LogP contribution in [0.15, 0.2) is 54.6 Å². The van der Waals surface area contributed by atoms with Crippen LogP contribution in [0.5, 0.6) is 0 Å². The lowest BCUT2D eigenvalue weighted by atomic mass is 9.85. The molecule has 0 spiro atoms. The van der Waals surface area contributed by atoms with Gasteiger partial charge in [0.2, 0.25) is 47.3 Å². The smallest absolute Gasteiger partial charge is 0.312 e. The number of amides is 10. The van der Waals surface area contributed by atoms with Crippen LogP contribution in [-0.2, 0) is 70.4 Å². The summed E-state index contributed by atoms with van der Waals surface area (Å²) >= 11 is 0. The Labute approximate surface area is 575 Å². The molecule has 3 aliphatic heterocycles. The van der Waals surface area contributed by atoms with Crippen molar-refractivity contribution in [3.05, 3.63) is 65.7 Å². The first-order chi connectivity index (χ1) is 46.0. The Bertz CT molecular complexity index is 2940. The number of piperidine rings is 1. The van der Waals surface area contributed by atoms with Crippen LogP contribution in [0.25, 0.3) is 0 Å². The van der Waals surface area contributed by atoms with Crippen molar-refractivity contribution in [3.8, 4) is 0 Å². The van der Waals surface area contributed by atoms with E-state index in [1.807, 2.05) is 95.8 Å². The molecule has 3 saturated heterocycles. The van der Waals surface area contributed by atoms with Gasteiger partial charge in [-0.05, 0) is 119 Å². The maximum Gasteiger partial charge on any atom is 0.312 e. The van der Waals surface area contributed by atoms with Crippen molar-refractivity contribution >= 4 is 70.5 Å². The van der Waals surface area contributed by atoms with E-state index in [1.165, 1.54) is 14.2 Å². The molecule has 2 aromatic carbocycles. The van der Waals surface area contributed by atoms with Crippen molar-refractivity contribution in [2.24, 2.45) is 53.1 Å². The zero-order valence-electron chi connectivity index (χ0n) is 60.4. The van der Waals surface area contributed by atoms with Gasteiger partial charge in [-0.15, -0.1) is 0 Å². The first-order valence-electron chi connectivity index (χ1n) is 35.2. The van der Waals surface area contributed by atoms with Crippen LogP contribution in [0, 0.1) is 47.3 Å². The molecule has 10 amide bonds. The highest BCUT2D eigenvalue weighted by Gasteiger charge is 2.46. The summed E-state index contributed by atoms with van der Waals surface area (Å²) in [4.78, 5) is 158. The number of nitrogens with one attached hydrogen (secondary N) is 6. The van der Waals surface area contributed by atoms with Gasteiger partial charge in [-0.3, -0.25) is 52.8 Å². The first-order valence-corrected chi connectivity index (χ1v) is 35.2. The van der Waals surface area contributed by atoms with Crippen LogP contribution < -0.4 is 37.6 Å². The summed E-state index contributed by atoms with van der Waals surface area (Å²) in [6, 6.07) is 12.2. The van der Waals surface area contributed by atoms with Crippen molar-refractivity contribution in [2.45, 2.75) is 220 Å². The van der Waals surface area contributed by atoms with Crippen molar-refractivity contribution in [1.82, 2.24) is 46.2 Å². The van der Waals surface area contributed by atoms with Gasteiger partial charge in [-0.2, -0.15) is 0 Å². The minimum Gasteiger partial charge on any atom is -0.379 e. The van der Waals surface area contributed by atoms with Gasteiger partial charge in [-0.1, -0.05) is 111 Å². The lowest BCUT2D eigenvalue weighted by molar-refractivity contribution is -0.148. The number of carbonyl (C=O) groups excluding carboxylic acids is 11. The largest absolute Gasteiger partial charge is 0.379 e. The Morgan fingerprint density at radius 2 is 1.30 bits per heavy atom. The molecule has 0 aromatic heterocycles. The van der Waals surface area contributed by atoms with E-state index in [-0.39, 0.29) is 147 Å². The Morgan fingerprint density at radius 1 is 0.670 bits per heavy atom. The number of likely N-dealkylation sites (N-methyl/N-ethyl adjacent to an activating group) is 2. The molecule has 2 bridgehead atoms. The number of nitrogens with zero attached hydrogens (tertiary/aromatic N) is 4. The van der Waals surface area contributed by atoms with Crippen LogP contribution in [0.3, 0.4) is 0 Å². The average molecular weight is 1350 g/mol. The number of benzene rings is 2. The minimum atomic E-state index is -0.948. The van der Waals surface area contributed by atoms with Crippen LogP contribution in [0.4, 0.5) is 10.5 Å². The van der Waals surface area contributed by atoms with E-state index in [1.54, 1.807) is 68.9 Å². The van der Waals surface area contributed by atoms with E-state index in [9.17, 15) is 52.7 Å². The number of ether oxygens (including phenoxy) is 2. The topological polar surface area (TPSA) is 317 Å². The molecule has 3 fully saturated rings. The summed E-state index contributed by atoms with van der Waals surface area (Å²) in [5.74, 6) is -5.94. The van der Waals surface area contributed by atoms with E-state index >= 15 is 0 Å². The van der Waals surface area contributed by atoms with Crippen molar-refractivity contribution < 1.29 is 62.2 Å². The predicted octanol–water partition coefficient (Wildman–Crippen LogP) is 6.17. The van der Waals surface area contributed by atoms with Gasteiger partial charge in [0.15, 0.2) is 5.78 Å². The number of carbonyl (C=O) groups is 11. The number of rotatable bonds is 39. The number of hydrogen-bond acceptors (Lipinski definition) is 14. The van der Waals surface area contributed by atoms with Crippen LogP contribution >= 0.6 is 0 Å². The number of fused-ring (bicyclic) bond motifs is 2. The molecule has 0 saturated carbocycles. The fourth-order valence-electron chi connectivity index (χ4n) is 14.8. The van der Waals surface area contributed by atoms with Gasteiger partial charge in [-0.25, -0.2) is 4.79 Å². The third kappa shape index (κ3) is 22.9. The highest BCUT2D eigenvalue weighted by Crippen LogP contribution is 2.40. The number of Topliss-reactive ketones (excluding diaryl/α,β-unsaturated/α-hetero) is 2. The number of methoxy groups -OCH3 is 2. The van der Waals surface area contributed by atoms with E-state index in [0.717, 1.165) is 18.4 Å². The summed E-state index contributed by atoms with van der Waals surface area (Å²) in [5.41, 5.74) is 7.28. The highest BCUT2D eigenvalue weighted by molar-refractivity contribution is 5.98. The Balaban J connectivity index is 1.22. The minimum absolute atomic E-state index is 0.00157. The Kier molecular flexibility index (Phi) is 32.1. The summed E-state index contributed by atoms with van der Waals surface area (Å²) < 4.78 is 12.3. The Morgan fingerprint density at radius 3 is 1.86 bits per heavy atom. The number of hydrogen-bond donors (Lipinski definition) is 7. The monoisotopic (exact) mass is 1350 g/mol. The molecule has 2 unspecified atom stereocenters. The highest BCUT2D eigenvalue weighted by atomic mass is 16.5. The fourth-order valence-corrected chi connectivity index (χ4v) is 14.8. The zero-order valence-corrected chi connectivity index (χ0v) is 60.4. The van der Waals surface area contributed by atoms with Crippen LogP contribution in [0.1, 0.15) is 163 Å². The zero-order chi connectivity index (χ0) is 72.0. The summed E-state index contributed by atoms with van der Waals surface area (Å²) in [6.07, 6.45) is 3.52. The van der Waals surface area contributed by atoms with Gasteiger partial charge in [0.1, 0.15) is 11.8 Å².